The Morgan fingerprint density at radius 1 is 0.947 bits per heavy atom. The second-order valence-electron chi connectivity index (χ2n) is 4.23. The highest BCUT2D eigenvalue weighted by atomic mass is 16.3. The van der Waals surface area contributed by atoms with Crippen LogP contribution in [0, 0.1) is 0 Å². The summed E-state index contributed by atoms with van der Waals surface area (Å²) in [6.07, 6.45) is 3.16. The SMILES string of the molecule is c1ccc(-c2ccccc2NCc2cnco2)cc1. The van der Waals surface area contributed by atoms with Gasteiger partial charge in [0.2, 0.25) is 0 Å². The first kappa shape index (κ1) is 11.5. The van der Waals surface area contributed by atoms with E-state index in [1.807, 2.05) is 30.3 Å². The summed E-state index contributed by atoms with van der Waals surface area (Å²) in [4.78, 5) is 3.91. The number of benzene rings is 2. The summed E-state index contributed by atoms with van der Waals surface area (Å²) in [6, 6.07) is 18.6. The molecule has 3 rings (SSSR count). The maximum absolute atomic E-state index is 5.23. The molecule has 0 saturated heterocycles. The number of hydrogen-bond donors (Lipinski definition) is 1. The van der Waals surface area contributed by atoms with E-state index in [9.17, 15) is 0 Å². The number of nitrogens with zero attached hydrogens (tertiary/aromatic N) is 1. The van der Waals surface area contributed by atoms with Crippen molar-refractivity contribution < 1.29 is 4.42 Å². The first-order valence-corrected chi connectivity index (χ1v) is 6.19. The molecule has 0 amide bonds. The highest BCUT2D eigenvalue weighted by molar-refractivity contribution is 5.77. The quantitative estimate of drug-likeness (QED) is 0.761. The van der Waals surface area contributed by atoms with Gasteiger partial charge >= 0.3 is 0 Å². The molecular formula is C16H14N2O. The second-order valence-corrected chi connectivity index (χ2v) is 4.23. The Morgan fingerprint density at radius 2 is 1.74 bits per heavy atom. The van der Waals surface area contributed by atoms with Crippen molar-refractivity contribution in [1.29, 1.82) is 0 Å². The number of oxazole rings is 1. The van der Waals surface area contributed by atoms with Gasteiger partial charge in [-0.1, -0.05) is 48.5 Å². The molecule has 0 unspecified atom stereocenters. The fourth-order valence-corrected chi connectivity index (χ4v) is 2.02. The van der Waals surface area contributed by atoms with Crippen molar-refractivity contribution in [3.05, 3.63) is 72.9 Å². The molecule has 0 aliphatic rings. The Bertz CT molecular complexity index is 633. The predicted octanol–water partition coefficient (Wildman–Crippen LogP) is 3.95. The molecule has 1 aromatic heterocycles. The molecular weight excluding hydrogens is 236 g/mol. The van der Waals surface area contributed by atoms with E-state index in [-0.39, 0.29) is 0 Å². The van der Waals surface area contributed by atoms with Crippen LogP contribution in [0.3, 0.4) is 0 Å². The minimum atomic E-state index is 0.629. The van der Waals surface area contributed by atoms with Crippen molar-refractivity contribution >= 4 is 5.69 Å². The Balaban J connectivity index is 1.85. The number of nitrogens with one attached hydrogen (secondary N) is 1. The van der Waals surface area contributed by atoms with E-state index in [1.165, 1.54) is 17.5 Å². The lowest BCUT2D eigenvalue weighted by atomic mass is 10.0. The Hall–Kier alpha value is -2.55. The number of para-hydroxylation sites is 1. The lowest BCUT2D eigenvalue weighted by Crippen LogP contribution is -1.99. The maximum atomic E-state index is 5.23. The fourth-order valence-electron chi connectivity index (χ4n) is 2.02. The van der Waals surface area contributed by atoms with E-state index in [2.05, 4.69) is 34.6 Å². The number of aromatic nitrogens is 1. The summed E-state index contributed by atoms with van der Waals surface area (Å²) in [5.41, 5.74) is 3.47. The molecule has 1 N–H and O–H groups in total. The Labute approximate surface area is 111 Å². The molecule has 94 valence electrons. The fraction of sp³-hybridized carbons (Fsp3) is 0.0625. The zero-order valence-corrected chi connectivity index (χ0v) is 10.4. The van der Waals surface area contributed by atoms with E-state index in [1.54, 1.807) is 6.20 Å². The summed E-state index contributed by atoms with van der Waals surface area (Å²) in [5, 5.41) is 3.38. The molecule has 0 atom stereocenters. The van der Waals surface area contributed by atoms with Crippen LogP contribution in [0.15, 0.2) is 71.6 Å². The number of rotatable bonds is 4. The number of hydrogen-bond acceptors (Lipinski definition) is 3. The van der Waals surface area contributed by atoms with Crippen LogP contribution in [0.2, 0.25) is 0 Å². The van der Waals surface area contributed by atoms with Crippen LogP contribution in [0.4, 0.5) is 5.69 Å². The molecule has 0 aliphatic heterocycles. The Morgan fingerprint density at radius 3 is 2.53 bits per heavy atom. The molecule has 3 aromatic rings. The van der Waals surface area contributed by atoms with E-state index in [0.717, 1.165) is 11.4 Å². The van der Waals surface area contributed by atoms with Gasteiger partial charge in [-0.3, -0.25) is 0 Å². The van der Waals surface area contributed by atoms with E-state index in [0.29, 0.717) is 6.54 Å². The van der Waals surface area contributed by atoms with Gasteiger partial charge < -0.3 is 9.73 Å². The average Bonchev–Trinajstić information content (AvgIpc) is 3.00. The molecule has 0 radical (unpaired) electrons. The first-order valence-electron chi connectivity index (χ1n) is 6.19. The standard InChI is InChI=1S/C16H14N2O/c1-2-6-13(7-3-1)15-8-4-5-9-16(15)18-11-14-10-17-12-19-14/h1-10,12,18H,11H2. The van der Waals surface area contributed by atoms with Crippen LogP contribution in [-0.4, -0.2) is 4.98 Å². The molecule has 0 spiro atoms. The van der Waals surface area contributed by atoms with Gasteiger partial charge in [0.1, 0.15) is 5.76 Å². The molecule has 0 fully saturated rings. The predicted molar refractivity (Wildman–Crippen MR) is 75.7 cm³/mol. The van der Waals surface area contributed by atoms with Gasteiger partial charge in [0.15, 0.2) is 6.39 Å². The summed E-state index contributed by atoms with van der Waals surface area (Å²) >= 11 is 0. The highest BCUT2D eigenvalue weighted by Gasteiger charge is 2.04. The average molecular weight is 250 g/mol. The van der Waals surface area contributed by atoms with E-state index in [4.69, 9.17) is 4.42 Å². The van der Waals surface area contributed by atoms with Crippen LogP contribution in [0.5, 0.6) is 0 Å². The van der Waals surface area contributed by atoms with Crippen molar-refractivity contribution in [3.8, 4) is 11.1 Å². The van der Waals surface area contributed by atoms with Crippen molar-refractivity contribution in [3.63, 3.8) is 0 Å². The zero-order chi connectivity index (χ0) is 12.9. The van der Waals surface area contributed by atoms with Gasteiger partial charge in [-0.15, -0.1) is 0 Å². The van der Waals surface area contributed by atoms with Gasteiger partial charge in [-0.25, -0.2) is 4.98 Å². The van der Waals surface area contributed by atoms with Gasteiger partial charge in [0.25, 0.3) is 0 Å². The normalized spacial score (nSPS) is 10.3. The third-order valence-electron chi connectivity index (χ3n) is 2.95. The topological polar surface area (TPSA) is 38.1 Å². The van der Waals surface area contributed by atoms with E-state index >= 15 is 0 Å². The third kappa shape index (κ3) is 2.65. The summed E-state index contributed by atoms with van der Waals surface area (Å²) < 4.78 is 5.23. The highest BCUT2D eigenvalue weighted by Crippen LogP contribution is 2.27. The van der Waals surface area contributed by atoms with Crippen LogP contribution >= 0.6 is 0 Å². The first-order chi connectivity index (χ1) is 9.43. The van der Waals surface area contributed by atoms with Crippen molar-refractivity contribution in [2.45, 2.75) is 6.54 Å². The third-order valence-corrected chi connectivity index (χ3v) is 2.95. The van der Waals surface area contributed by atoms with Gasteiger partial charge in [-0.2, -0.15) is 0 Å². The molecule has 19 heavy (non-hydrogen) atoms. The second kappa shape index (κ2) is 5.40. The molecule has 0 aliphatic carbocycles. The molecule has 3 heteroatoms. The molecule has 0 saturated carbocycles. The molecule has 0 bridgehead atoms. The monoisotopic (exact) mass is 250 g/mol. The van der Waals surface area contributed by atoms with Crippen molar-refractivity contribution in [2.75, 3.05) is 5.32 Å². The van der Waals surface area contributed by atoms with Crippen LogP contribution < -0.4 is 5.32 Å². The summed E-state index contributed by atoms with van der Waals surface area (Å²) in [7, 11) is 0. The minimum absolute atomic E-state index is 0.629. The number of anilines is 1. The van der Waals surface area contributed by atoms with Gasteiger partial charge in [0.05, 0.1) is 12.7 Å². The van der Waals surface area contributed by atoms with Crippen LogP contribution in [-0.2, 0) is 6.54 Å². The Kier molecular flexibility index (Phi) is 3.28. The maximum Gasteiger partial charge on any atom is 0.180 e. The van der Waals surface area contributed by atoms with Crippen LogP contribution in [0.25, 0.3) is 11.1 Å². The smallest absolute Gasteiger partial charge is 0.180 e. The molecule has 1 heterocycles. The van der Waals surface area contributed by atoms with E-state index < -0.39 is 0 Å². The van der Waals surface area contributed by atoms with Crippen LogP contribution in [0.1, 0.15) is 5.76 Å². The van der Waals surface area contributed by atoms with Gasteiger partial charge in [0, 0.05) is 11.3 Å². The van der Waals surface area contributed by atoms with Crippen molar-refractivity contribution in [1.82, 2.24) is 4.98 Å². The van der Waals surface area contributed by atoms with Crippen molar-refractivity contribution in [2.24, 2.45) is 0 Å². The zero-order valence-electron chi connectivity index (χ0n) is 10.4. The van der Waals surface area contributed by atoms with Gasteiger partial charge in [-0.05, 0) is 11.6 Å². The summed E-state index contributed by atoms with van der Waals surface area (Å²) in [5.74, 6) is 0.822. The largest absolute Gasteiger partial charge is 0.447 e. The lowest BCUT2D eigenvalue weighted by molar-refractivity contribution is 0.512. The lowest BCUT2D eigenvalue weighted by Gasteiger charge is -2.11. The molecule has 2 aromatic carbocycles. The minimum Gasteiger partial charge on any atom is -0.447 e. The summed E-state index contributed by atoms with van der Waals surface area (Å²) in [6.45, 7) is 0.629. The molecule has 3 nitrogen and oxygen atoms in total.